The van der Waals surface area contributed by atoms with Gasteiger partial charge in [0.2, 0.25) is 5.91 Å². The third-order valence-electron chi connectivity index (χ3n) is 7.16. The summed E-state index contributed by atoms with van der Waals surface area (Å²) >= 11 is 6.32. The SMILES string of the molecule is C[C@@H]1CN(CC(=O)N2CC(C)(C)c3ncc(Cc4ccccc4F)cc32)[C@@H](CCl)CN1C(=O)OC(C)(C)C. The Hall–Kier alpha value is -2.71. The second-order valence-electron chi connectivity index (χ2n) is 12.1. The minimum absolute atomic E-state index is 0.0466. The van der Waals surface area contributed by atoms with Gasteiger partial charge in [-0.05, 0) is 51.0 Å². The predicted molar refractivity (Wildman–Crippen MR) is 147 cm³/mol. The summed E-state index contributed by atoms with van der Waals surface area (Å²) in [6.45, 7) is 13.2. The van der Waals surface area contributed by atoms with Gasteiger partial charge in [-0.25, -0.2) is 9.18 Å². The van der Waals surface area contributed by atoms with E-state index in [4.69, 9.17) is 21.3 Å². The number of benzene rings is 1. The monoisotopic (exact) mass is 544 g/mol. The molecule has 0 saturated carbocycles. The van der Waals surface area contributed by atoms with E-state index in [2.05, 4.69) is 18.7 Å². The molecule has 2 atom stereocenters. The topological polar surface area (TPSA) is 66.0 Å². The first-order chi connectivity index (χ1) is 17.8. The average Bonchev–Trinajstić information content (AvgIpc) is 3.10. The normalized spacial score (nSPS) is 21.4. The van der Waals surface area contributed by atoms with Gasteiger partial charge < -0.3 is 14.5 Å². The van der Waals surface area contributed by atoms with Gasteiger partial charge in [0.05, 0.1) is 17.9 Å². The molecule has 206 valence electrons. The largest absolute Gasteiger partial charge is 0.444 e. The maximum atomic E-state index is 14.3. The minimum Gasteiger partial charge on any atom is -0.444 e. The standard InChI is InChI=1S/C29H38ClFN4O3/c1-19-15-33(22(13-30)16-34(19)27(37)38-28(2,3)4)17-25(36)35-18-29(5,6)26-24(35)12-20(14-32-26)11-21-9-7-8-10-23(21)31/h7-10,12,14,19,22H,11,13,15-18H2,1-6H3/t19-,22+/m1/s1. The Bertz CT molecular complexity index is 1200. The van der Waals surface area contributed by atoms with Crippen molar-refractivity contribution >= 4 is 29.3 Å². The number of carbonyl (C=O) groups is 2. The van der Waals surface area contributed by atoms with Crippen LogP contribution in [0, 0.1) is 5.82 Å². The molecule has 0 unspecified atom stereocenters. The van der Waals surface area contributed by atoms with E-state index in [0.717, 1.165) is 16.9 Å². The van der Waals surface area contributed by atoms with Crippen LogP contribution in [0.5, 0.6) is 0 Å². The Labute approximate surface area is 229 Å². The lowest BCUT2D eigenvalue weighted by atomic mass is 9.91. The van der Waals surface area contributed by atoms with Crippen LogP contribution < -0.4 is 4.90 Å². The molecule has 1 saturated heterocycles. The van der Waals surface area contributed by atoms with Crippen LogP contribution in [0.1, 0.15) is 58.4 Å². The van der Waals surface area contributed by atoms with E-state index in [0.29, 0.717) is 31.6 Å². The van der Waals surface area contributed by atoms with Gasteiger partial charge in [-0.1, -0.05) is 32.0 Å². The van der Waals surface area contributed by atoms with Gasteiger partial charge in [-0.15, -0.1) is 11.6 Å². The molecule has 0 aliphatic carbocycles. The first-order valence-corrected chi connectivity index (χ1v) is 13.7. The molecular weight excluding hydrogens is 507 g/mol. The molecule has 0 spiro atoms. The summed E-state index contributed by atoms with van der Waals surface area (Å²) in [6, 6.07) is 8.35. The molecule has 9 heteroatoms. The van der Waals surface area contributed by atoms with Crippen molar-refractivity contribution in [3.05, 3.63) is 59.2 Å². The molecule has 7 nitrogen and oxygen atoms in total. The van der Waals surface area contributed by atoms with Crippen molar-refractivity contribution in [3.63, 3.8) is 0 Å². The second kappa shape index (κ2) is 10.8. The summed E-state index contributed by atoms with van der Waals surface area (Å²) in [7, 11) is 0. The molecule has 0 N–H and O–H groups in total. The van der Waals surface area contributed by atoms with E-state index in [9.17, 15) is 14.0 Å². The van der Waals surface area contributed by atoms with Crippen LogP contribution >= 0.6 is 11.6 Å². The molecule has 2 aromatic rings. The highest BCUT2D eigenvalue weighted by Gasteiger charge is 2.42. The summed E-state index contributed by atoms with van der Waals surface area (Å²) in [4.78, 5) is 36.7. The number of aromatic nitrogens is 1. The first kappa shape index (κ1) is 28.3. The van der Waals surface area contributed by atoms with Crippen molar-refractivity contribution in [1.29, 1.82) is 0 Å². The Balaban J connectivity index is 1.51. The zero-order chi connectivity index (χ0) is 27.8. The molecule has 38 heavy (non-hydrogen) atoms. The smallest absolute Gasteiger partial charge is 0.410 e. The number of hydrogen-bond acceptors (Lipinski definition) is 5. The average molecular weight is 545 g/mol. The highest BCUT2D eigenvalue weighted by Crippen LogP contribution is 2.40. The highest BCUT2D eigenvalue weighted by atomic mass is 35.5. The fourth-order valence-corrected chi connectivity index (χ4v) is 5.53. The van der Waals surface area contributed by atoms with Crippen LogP contribution in [-0.2, 0) is 21.4 Å². The number of halogens is 2. The maximum absolute atomic E-state index is 14.3. The third-order valence-corrected chi connectivity index (χ3v) is 7.52. The summed E-state index contributed by atoms with van der Waals surface area (Å²) < 4.78 is 19.8. The minimum atomic E-state index is -0.588. The number of amides is 2. The summed E-state index contributed by atoms with van der Waals surface area (Å²) in [5, 5.41) is 0. The Kier molecular flexibility index (Phi) is 8.05. The summed E-state index contributed by atoms with van der Waals surface area (Å²) in [5.74, 6) is -0.0156. The van der Waals surface area contributed by atoms with Gasteiger partial charge in [0.1, 0.15) is 11.4 Å². The lowest BCUT2D eigenvalue weighted by Crippen LogP contribution is -2.61. The fourth-order valence-electron chi connectivity index (χ4n) is 5.24. The number of fused-ring (bicyclic) bond motifs is 1. The number of carbonyl (C=O) groups excluding carboxylic acids is 2. The van der Waals surface area contributed by atoms with Crippen LogP contribution in [-0.4, -0.2) is 76.5 Å². The first-order valence-electron chi connectivity index (χ1n) is 13.1. The summed E-state index contributed by atoms with van der Waals surface area (Å²) in [5.41, 5.74) is 2.18. The van der Waals surface area contributed by atoms with Crippen LogP contribution in [0.25, 0.3) is 0 Å². The highest BCUT2D eigenvalue weighted by molar-refractivity contribution is 6.18. The molecule has 1 fully saturated rings. The van der Waals surface area contributed by atoms with Gasteiger partial charge in [0.25, 0.3) is 0 Å². The van der Waals surface area contributed by atoms with E-state index in [1.165, 1.54) is 6.07 Å². The molecule has 0 bridgehead atoms. The molecule has 2 amide bonds. The van der Waals surface area contributed by atoms with E-state index in [1.807, 2.05) is 39.8 Å². The Morgan fingerprint density at radius 3 is 2.58 bits per heavy atom. The summed E-state index contributed by atoms with van der Waals surface area (Å²) in [6.07, 6.45) is 1.81. The molecule has 1 aromatic heterocycles. The van der Waals surface area contributed by atoms with E-state index in [-0.39, 0.29) is 47.7 Å². The van der Waals surface area contributed by atoms with Crippen LogP contribution in [0.2, 0.25) is 0 Å². The maximum Gasteiger partial charge on any atom is 0.410 e. The van der Waals surface area contributed by atoms with Crippen molar-refractivity contribution in [2.45, 2.75) is 71.1 Å². The van der Waals surface area contributed by atoms with Gasteiger partial charge in [0, 0.05) is 55.6 Å². The van der Waals surface area contributed by atoms with E-state index in [1.54, 1.807) is 28.1 Å². The molecule has 4 rings (SSSR count). The van der Waals surface area contributed by atoms with Gasteiger partial charge in [-0.2, -0.15) is 0 Å². The number of pyridine rings is 1. The number of anilines is 1. The zero-order valence-electron chi connectivity index (χ0n) is 23.1. The van der Waals surface area contributed by atoms with Gasteiger partial charge in [-0.3, -0.25) is 14.7 Å². The number of hydrogen-bond donors (Lipinski definition) is 0. The third kappa shape index (κ3) is 6.12. The number of nitrogens with zero attached hydrogens (tertiary/aromatic N) is 4. The Morgan fingerprint density at radius 2 is 1.92 bits per heavy atom. The van der Waals surface area contributed by atoms with Crippen molar-refractivity contribution in [3.8, 4) is 0 Å². The van der Waals surface area contributed by atoms with Gasteiger partial charge in [0.15, 0.2) is 0 Å². The number of ether oxygens (including phenoxy) is 1. The predicted octanol–water partition coefficient (Wildman–Crippen LogP) is 4.98. The van der Waals surface area contributed by atoms with E-state index < -0.39 is 5.60 Å². The van der Waals surface area contributed by atoms with Crippen molar-refractivity contribution in [1.82, 2.24) is 14.8 Å². The second-order valence-corrected chi connectivity index (χ2v) is 12.4. The number of rotatable bonds is 5. The molecule has 2 aliphatic rings. The molecule has 0 radical (unpaired) electrons. The molecule has 3 heterocycles. The lowest BCUT2D eigenvalue weighted by molar-refractivity contribution is -0.121. The lowest BCUT2D eigenvalue weighted by Gasteiger charge is -2.44. The molecule has 2 aliphatic heterocycles. The van der Waals surface area contributed by atoms with Crippen LogP contribution in [0.4, 0.5) is 14.9 Å². The van der Waals surface area contributed by atoms with Crippen molar-refractivity contribution in [2.24, 2.45) is 0 Å². The number of piperazine rings is 1. The van der Waals surface area contributed by atoms with E-state index >= 15 is 0 Å². The van der Waals surface area contributed by atoms with Gasteiger partial charge >= 0.3 is 6.09 Å². The quantitative estimate of drug-likeness (QED) is 0.496. The van der Waals surface area contributed by atoms with Crippen molar-refractivity contribution in [2.75, 3.05) is 37.0 Å². The van der Waals surface area contributed by atoms with Crippen LogP contribution in [0.15, 0.2) is 36.5 Å². The van der Waals surface area contributed by atoms with Crippen LogP contribution in [0.3, 0.4) is 0 Å². The fraction of sp³-hybridized carbons (Fsp3) is 0.552. The molecular formula is C29H38ClFN4O3. The molecule has 1 aromatic carbocycles. The number of alkyl halides is 1. The zero-order valence-corrected chi connectivity index (χ0v) is 23.9. The Morgan fingerprint density at radius 1 is 1.21 bits per heavy atom. The van der Waals surface area contributed by atoms with Crippen molar-refractivity contribution < 1.29 is 18.7 Å².